The topological polar surface area (TPSA) is 77.4 Å². The summed E-state index contributed by atoms with van der Waals surface area (Å²) in [5.74, 6) is 0. The summed E-state index contributed by atoms with van der Waals surface area (Å²) in [6.07, 6.45) is 11.8. The van der Waals surface area contributed by atoms with E-state index >= 15 is 0 Å². The first kappa shape index (κ1) is 26.1. The molecule has 2 unspecified atom stereocenters. The number of aliphatic hydroxyl groups excluding tert-OH is 1. The minimum absolute atomic E-state index is 0. The Balaban J connectivity index is 0. The summed E-state index contributed by atoms with van der Waals surface area (Å²) in [5, 5.41) is 9.13. The molecule has 0 saturated heterocycles. The van der Waals surface area contributed by atoms with Crippen molar-refractivity contribution < 1.29 is 47.6 Å². The normalized spacial score (nSPS) is 14.3. The van der Waals surface area contributed by atoms with Crippen LogP contribution in [-0.2, 0) is 10.1 Å². The molecule has 134 valence electrons. The van der Waals surface area contributed by atoms with Gasteiger partial charge in [0.05, 0.1) is 16.2 Å². The standard InChI is InChI=1S/C17H36O4S.Na/c1-3-5-6-7-8-9-10-13-16(18)14-11-15-17(12-4-2)22(19,20)21;/h16-18H,3-15H2,1-2H3,(H,19,20,21);/q;+1/p-1. The fourth-order valence-electron chi connectivity index (χ4n) is 2.82. The van der Waals surface area contributed by atoms with Gasteiger partial charge < -0.3 is 9.66 Å². The predicted octanol–water partition coefficient (Wildman–Crippen LogP) is 1.38. The molecule has 0 amide bonds. The van der Waals surface area contributed by atoms with Crippen molar-refractivity contribution in [3.05, 3.63) is 0 Å². The molecule has 0 aromatic heterocycles. The largest absolute Gasteiger partial charge is 1.00 e. The van der Waals surface area contributed by atoms with Gasteiger partial charge in [0, 0.05) is 5.25 Å². The van der Waals surface area contributed by atoms with Crippen LogP contribution in [0.1, 0.15) is 97.3 Å². The van der Waals surface area contributed by atoms with E-state index in [1.54, 1.807) is 0 Å². The number of hydrogen-bond donors (Lipinski definition) is 1. The Labute approximate surface area is 165 Å². The minimum Gasteiger partial charge on any atom is -0.748 e. The Hall–Kier alpha value is 0.870. The molecule has 23 heavy (non-hydrogen) atoms. The quantitative estimate of drug-likeness (QED) is 0.272. The second kappa shape index (κ2) is 16.3. The van der Waals surface area contributed by atoms with E-state index in [1.807, 2.05) is 6.92 Å². The van der Waals surface area contributed by atoms with Crippen molar-refractivity contribution in [2.24, 2.45) is 0 Å². The maximum atomic E-state index is 11.1. The Bertz CT molecular complexity index is 347. The van der Waals surface area contributed by atoms with Crippen molar-refractivity contribution in [1.82, 2.24) is 0 Å². The molecule has 0 fully saturated rings. The first-order chi connectivity index (χ1) is 10.4. The molecule has 0 heterocycles. The molecular formula is C17H35NaO4S. The van der Waals surface area contributed by atoms with Gasteiger partial charge in [-0.2, -0.15) is 0 Å². The van der Waals surface area contributed by atoms with Gasteiger partial charge in [-0.05, 0) is 32.1 Å². The SMILES string of the molecule is CCCCCCCCCC(O)CCCC(CCC)S(=O)(=O)[O-].[Na+]. The number of unbranched alkanes of at least 4 members (excludes halogenated alkanes) is 6. The van der Waals surface area contributed by atoms with Crippen molar-refractivity contribution in [3.63, 3.8) is 0 Å². The zero-order valence-electron chi connectivity index (χ0n) is 15.4. The van der Waals surface area contributed by atoms with Crippen molar-refractivity contribution in [3.8, 4) is 0 Å². The van der Waals surface area contributed by atoms with Crippen molar-refractivity contribution in [1.29, 1.82) is 0 Å². The molecule has 2 atom stereocenters. The van der Waals surface area contributed by atoms with Crippen molar-refractivity contribution in [2.45, 2.75) is 109 Å². The van der Waals surface area contributed by atoms with Gasteiger partial charge in [-0.1, -0.05) is 65.2 Å². The predicted molar refractivity (Wildman–Crippen MR) is 90.9 cm³/mol. The van der Waals surface area contributed by atoms with Gasteiger partial charge in [-0.15, -0.1) is 0 Å². The van der Waals surface area contributed by atoms with E-state index in [-0.39, 0.29) is 35.7 Å². The van der Waals surface area contributed by atoms with Crippen LogP contribution in [0.5, 0.6) is 0 Å². The van der Waals surface area contributed by atoms with Gasteiger partial charge in [0.25, 0.3) is 0 Å². The van der Waals surface area contributed by atoms with E-state index in [4.69, 9.17) is 0 Å². The smallest absolute Gasteiger partial charge is 0.748 e. The van der Waals surface area contributed by atoms with Crippen LogP contribution >= 0.6 is 0 Å². The third kappa shape index (κ3) is 16.1. The summed E-state index contributed by atoms with van der Waals surface area (Å²) in [4.78, 5) is 0. The van der Waals surface area contributed by atoms with Gasteiger partial charge in [0.2, 0.25) is 0 Å². The third-order valence-corrected chi connectivity index (χ3v) is 5.51. The molecule has 0 aromatic carbocycles. The molecule has 0 aliphatic heterocycles. The van der Waals surface area contributed by atoms with Crippen LogP contribution in [0.4, 0.5) is 0 Å². The Morgan fingerprint density at radius 2 is 1.30 bits per heavy atom. The molecule has 0 saturated carbocycles. The van der Waals surface area contributed by atoms with Crippen LogP contribution in [0.3, 0.4) is 0 Å². The Morgan fingerprint density at radius 1 is 0.783 bits per heavy atom. The zero-order valence-corrected chi connectivity index (χ0v) is 18.2. The fourth-order valence-corrected chi connectivity index (χ4v) is 3.80. The van der Waals surface area contributed by atoms with Crippen LogP contribution in [0.25, 0.3) is 0 Å². The molecule has 4 nitrogen and oxygen atoms in total. The molecule has 0 aliphatic carbocycles. The summed E-state index contributed by atoms with van der Waals surface area (Å²) in [6.45, 7) is 4.09. The molecule has 0 bridgehead atoms. The maximum Gasteiger partial charge on any atom is 1.00 e. The summed E-state index contributed by atoms with van der Waals surface area (Å²) in [7, 11) is -4.19. The molecular weight excluding hydrogens is 323 g/mol. The first-order valence-electron chi connectivity index (χ1n) is 9.04. The third-order valence-electron chi connectivity index (χ3n) is 4.22. The van der Waals surface area contributed by atoms with Crippen LogP contribution in [0.15, 0.2) is 0 Å². The van der Waals surface area contributed by atoms with Crippen LogP contribution in [-0.4, -0.2) is 29.4 Å². The summed E-state index contributed by atoms with van der Waals surface area (Å²) < 4.78 is 33.3. The number of aliphatic hydroxyl groups is 1. The van der Waals surface area contributed by atoms with Gasteiger partial charge in [-0.25, -0.2) is 8.42 Å². The molecule has 0 rings (SSSR count). The van der Waals surface area contributed by atoms with Gasteiger partial charge >= 0.3 is 29.6 Å². The average Bonchev–Trinajstić information content (AvgIpc) is 2.44. The van der Waals surface area contributed by atoms with Gasteiger partial charge in [0.15, 0.2) is 0 Å². The molecule has 0 aromatic rings. The van der Waals surface area contributed by atoms with Crippen LogP contribution < -0.4 is 29.6 Å². The maximum absolute atomic E-state index is 11.1. The van der Waals surface area contributed by atoms with E-state index in [9.17, 15) is 18.1 Å². The van der Waals surface area contributed by atoms with E-state index in [0.29, 0.717) is 32.1 Å². The summed E-state index contributed by atoms with van der Waals surface area (Å²) in [5.41, 5.74) is 0. The minimum atomic E-state index is -4.19. The Morgan fingerprint density at radius 3 is 1.83 bits per heavy atom. The Kier molecular flexibility index (Phi) is 18.5. The molecule has 6 heteroatoms. The molecule has 0 radical (unpaired) electrons. The van der Waals surface area contributed by atoms with Crippen LogP contribution in [0.2, 0.25) is 0 Å². The molecule has 1 N–H and O–H groups in total. The first-order valence-corrected chi connectivity index (χ1v) is 10.5. The number of rotatable bonds is 15. The van der Waals surface area contributed by atoms with E-state index < -0.39 is 15.4 Å². The summed E-state index contributed by atoms with van der Waals surface area (Å²) >= 11 is 0. The second-order valence-electron chi connectivity index (χ2n) is 6.40. The van der Waals surface area contributed by atoms with Gasteiger partial charge in [0.1, 0.15) is 0 Å². The van der Waals surface area contributed by atoms with Crippen molar-refractivity contribution in [2.75, 3.05) is 0 Å². The average molecular weight is 359 g/mol. The van der Waals surface area contributed by atoms with E-state index in [1.165, 1.54) is 32.1 Å². The molecule has 0 aliphatic rings. The monoisotopic (exact) mass is 358 g/mol. The van der Waals surface area contributed by atoms with Gasteiger partial charge in [-0.3, -0.25) is 0 Å². The summed E-state index contributed by atoms with van der Waals surface area (Å²) in [6, 6.07) is 0. The molecule has 0 spiro atoms. The zero-order chi connectivity index (χ0) is 16.8. The second-order valence-corrected chi connectivity index (χ2v) is 8.05. The number of hydrogen-bond acceptors (Lipinski definition) is 4. The van der Waals surface area contributed by atoms with E-state index in [0.717, 1.165) is 19.3 Å². The van der Waals surface area contributed by atoms with E-state index in [2.05, 4.69) is 6.92 Å². The fraction of sp³-hybridized carbons (Fsp3) is 1.00. The van der Waals surface area contributed by atoms with Crippen molar-refractivity contribution >= 4 is 10.1 Å². The van der Waals surface area contributed by atoms with Crippen LogP contribution in [0, 0.1) is 0 Å².